The number of rotatable bonds is 8. The molecule has 4 nitrogen and oxygen atoms in total. The first-order valence-electron chi connectivity index (χ1n) is 7.41. The molecule has 0 N–H and O–H groups in total. The molecule has 2 heterocycles. The van der Waals surface area contributed by atoms with Crippen molar-refractivity contribution in [3.63, 3.8) is 0 Å². The molecule has 0 atom stereocenters. The van der Waals surface area contributed by atoms with Gasteiger partial charge in [-0.15, -0.1) is 0 Å². The summed E-state index contributed by atoms with van der Waals surface area (Å²) < 4.78 is 8.97. The molecule has 2 aromatic heterocycles. The second-order valence-corrected chi connectivity index (χ2v) is 5.18. The fourth-order valence-electron chi connectivity index (χ4n) is 2.18. The zero-order chi connectivity index (χ0) is 13.5. The van der Waals surface area contributed by atoms with Crippen molar-refractivity contribution in [1.29, 1.82) is 0 Å². The number of hydrogen-bond donors (Lipinski definition) is 0. The molecule has 0 radical (unpaired) electrons. The molecule has 0 amide bonds. The summed E-state index contributed by atoms with van der Waals surface area (Å²) in [6.07, 6.45) is 18.0. The Kier molecular flexibility index (Phi) is 10.2. The average molecular weight is 333 g/mol. The van der Waals surface area contributed by atoms with E-state index in [1.54, 1.807) is 0 Å². The maximum atomic E-state index is 2.26. The lowest BCUT2D eigenvalue weighted by Gasteiger charge is -1.94. The van der Waals surface area contributed by atoms with Crippen LogP contribution in [0.2, 0.25) is 0 Å². The fourth-order valence-corrected chi connectivity index (χ4v) is 2.18. The number of imidazole rings is 2. The molecule has 0 saturated heterocycles. The maximum Gasteiger partial charge on any atom is 0.246 e. The lowest BCUT2D eigenvalue weighted by Crippen LogP contribution is -3.00. The van der Waals surface area contributed by atoms with Crippen LogP contribution in [-0.4, -0.2) is 9.13 Å². The van der Waals surface area contributed by atoms with Gasteiger partial charge in [0.25, 0.3) is 0 Å². The minimum Gasteiger partial charge on any atom is -1.00 e. The Morgan fingerprint density at radius 3 is 1.57 bits per heavy atom. The van der Waals surface area contributed by atoms with E-state index >= 15 is 0 Å². The van der Waals surface area contributed by atoms with Gasteiger partial charge in [0.1, 0.15) is 24.8 Å². The highest BCUT2D eigenvalue weighted by Gasteiger charge is 2.08. The van der Waals surface area contributed by atoms with Crippen LogP contribution in [0.3, 0.4) is 0 Å². The molecule has 6 heteroatoms. The summed E-state index contributed by atoms with van der Waals surface area (Å²) in [6, 6.07) is 0. The second-order valence-electron chi connectivity index (χ2n) is 5.18. The number of aromatic nitrogens is 4. The molecular weight excluding hydrogens is 307 g/mol. The monoisotopic (exact) mass is 332 g/mol. The number of hydrogen-bond acceptors (Lipinski definition) is 0. The Morgan fingerprint density at radius 2 is 1.19 bits per heavy atom. The molecule has 0 aromatic carbocycles. The van der Waals surface area contributed by atoms with Crippen molar-refractivity contribution in [2.45, 2.75) is 59.3 Å². The molecule has 0 bridgehead atoms. The van der Waals surface area contributed by atoms with Crippen LogP contribution in [-0.2, 0) is 19.8 Å². The van der Waals surface area contributed by atoms with Crippen LogP contribution >= 0.6 is 0 Å². The maximum absolute atomic E-state index is 2.26. The third kappa shape index (κ3) is 6.53. The van der Waals surface area contributed by atoms with Crippen molar-refractivity contribution in [2.75, 3.05) is 0 Å². The zero-order valence-electron chi connectivity index (χ0n) is 13.0. The van der Waals surface area contributed by atoms with Gasteiger partial charge in [0, 0.05) is 0 Å². The lowest BCUT2D eigenvalue weighted by molar-refractivity contribution is -0.912. The summed E-state index contributed by atoms with van der Waals surface area (Å²) in [6.45, 7) is 7.58. The highest BCUT2D eigenvalue weighted by atomic mass is 35.5. The molecule has 0 aliphatic heterocycles. The van der Waals surface area contributed by atoms with Crippen molar-refractivity contribution >= 4 is 0 Å². The van der Waals surface area contributed by atoms with Gasteiger partial charge in [-0.25, -0.2) is 9.13 Å². The molecule has 0 unspecified atom stereocenters. The number of unbranched alkanes of at least 4 members (excludes halogenated alkanes) is 2. The van der Waals surface area contributed by atoms with Gasteiger partial charge in [-0.05, 0) is 12.8 Å². The predicted octanol–water partition coefficient (Wildman–Crippen LogP) is -4.02. The first kappa shape index (κ1) is 20.0. The molecule has 0 fully saturated rings. The number of nitrogens with zero attached hydrogens (tertiary/aromatic N) is 4. The largest absolute Gasteiger partial charge is 1.00 e. The molecular formula is C15H26Cl2N4. The van der Waals surface area contributed by atoms with E-state index in [0.717, 1.165) is 19.8 Å². The normalized spacial score (nSPS) is 10.0. The molecule has 0 spiro atoms. The van der Waals surface area contributed by atoms with Crippen molar-refractivity contribution < 1.29 is 33.9 Å². The summed E-state index contributed by atoms with van der Waals surface area (Å²) in [4.78, 5) is 0. The quantitative estimate of drug-likeness (QED) is 0.438. The summed E-state index contributed by atoms with van der Waals surface area (Å²) in [7, 11) is 0. The highest BCUT2D eigenvalue weighted by Crippen LogP contribution is 1.94. The molecule has 21 heavy (non-hydrogen) atoms. The molecule has 2 aromatic rings. The van der Waals surface area contributed by atoms with Crippen LogP contribution < -0.4 is 33.9 Å². The Labute approximate surface area is 140 Å². The Morgan fingerprint density at radius 1 is 0.762 bits per heavy atom. The average Bonchev–Trinajstić information content (AvgIpc) is 3.04. The van der Waals surface area contributed by atoms with Crippen molar-refractivity contribution in [2.24, 2.45) is 0 Å². The third-order valence-corrected chi connectivity index (χ3v) is 3.36. The van der Waals surface area contributed by atoms with Gasteiger partial charge < -0.3 is 24.8 Å². The van der Waals surface area contributed by atoms with Gasteiger partial charge >= 0.3 is 0 Å². The van der Waals surface area contributed by atoms with E-state index in [9.17, 15) is 0 Å². The Balaban J connectivity index is 0.00000200. The summed E-state index contributed by atoms with van der Waals surface area (Å²) in [5.41, 5.74) is 0. The van der Waals surface area contributed by atoms with Gasteiger partial charge in [0.2, 0.25) is 19.3 Å². The van der Waals surface area contributed by atoms with Crippen LogP contribution in [0.1, 0.15) is 39.5 Å². The molecule has 0 saturated carbocycles. The van der Waals surface area contributed by atoms with Crippen LogP contribution in [0.4, 0.5) is 0 Å². The summed E-state index contributed by atoms with van der Waals surface area (Å²) in [5, 5.41) is 0. The van der Waals surface area contributed by atoms with E-state index in [2.05, 4.69) is 69.6 Å². The first-order chi connectivity index (χ1) is 9.31. The van der Waals surface area contributed by atoms with Crippen molar-refractivity contribution in [3.05, 3.63) is 37.4 Å². The van der Waals surface area contributed by atoms with Gasteiger partial charge in [0.15, 0.2) is 0 Å². The van der Waals surface area contributed by atoms with E-state index in [4.69, 9.17) is 0 Å². The minimum absolute atomic E-state index is 0. The predicted molar refractivity (Wildman–Crippen MR) is 74.5 cm³/mol. The highest BCUT2D eigenvalue weighted by molar-refractivity contribution is 4.67. The first-order valence-corrected chi connectivity index (χ1v) is 7.41. The standard InChI is InChI=1S/C15H26N4.2ClH/c1-3-5-7-16-9-11-18(13-16)15-19-12-10-17(14-19)8-6-4-2;;/h9-14H,3-8,15H2,1-2H3;2*1H/q+2;;/p-2. The number of halogens is 2. The second kappa shape index (κ2) is 10.7. The SMILES string of the molecule is CCCCn1cc[n+](C[n+]2ccn(CCCC)c2)c1.[Cl-].[Cl-]. The molecule has 0 aliphatic rings. The van der Waals surface area contributed by atoms with E-state index in [1.807, 2.05) is 0 Å². The lowest BCUT2D eigenvalue weighted by atomic mass is 10.3. The van der Waals surface area contributed by atoms with E-state index in [-0.39, 0.29) is 24.8 Å². The van der Waals surface area contributed by atoms with Crippen molar-refractivity contribution in [3.8, 4) is 0 Å². The minimum atomic E-state index is 0. The Hall–Kier alpha value is -1.00. The van der Waals surface area contributed by atoms with Crippen LogP contribution in [0.25, 0.3) is 0 Å². The molecule has 120 valence electrons. The van der Waals surface area contributed by atoms with E-state index in [0.29, 0.717) is 0 Å². The van der Waals surface area contributed by atoms with Gasteiger partial charge in [0.05, 0.1) is 13.1 Å². The number of aryl methyl sites for hydroxylation is 2. The molecule has 0 aliphatic carbocycles. The summed E-state index contributed by atoms with van der Waals surface area (Å²) >= 11 is 0. The van der Waals surface area contributed by atoms with Gasteiger partial charge in [-0.1, -0.05) is 26.7 Å². The smallest absolute Gasteiger partial charge is 0.246 e. The van der Waals surface area contributed by atoms with Crippen LogP contribution in [0.15, 0.2) is 37.4 Å². The molecule has 2 rings (SSSR count). The Bertz CT molecular complexity index is 449. The topological polar surface area (TPSA) is 17.6 Å². The van der Waals surface area contributed by atoms with E-state index in [1.165, 1.54) is 25.7 Å². The van der Waals surface area contributed by atoms with Crippen molar-refractivity contribution in [1.82, 2.24) is 9.13 Å². The van der Waals surface area contributed by atoms with Gasteiger partial charge in [-0.2, -0.15) is 9.13 Å². The third-order valence-electron chi connectivity index (χ3n) is 3.36. The van der Waals surface area contributed by atoms with Crippen LogP contribution in [0.5, 0.6) is 0 Å². The van der Waals surface area contributed by atoms with Gasteiger partial charge in [-0.3, -0.25) is 0 Å². The summed E-state index contributed by atoms with van der Waals surface area (Å²) in [5.74, 6) is 0. The van der Waals surface area contributed by atoms with E-state index < -0.39 is 0 Å². The van der Waals surface area contributed by atoms with Crippen LogP contribution in [0, 0.1) is 0 Å². The zero-order valence-corrected chi connectivity index (χ0v) is 14.5. The fraction of sp³-hybridized carbons (Fsp3) is 0.600.